The van der Waals surface area contributed by atoms with E-state index in [2.05, 4.69) is 37.7 Å². The molecule has 0 saturated carbocycles. The fourth-order valence-electron chi connectivity index (χ4n) is 3.91. The minimum Gasteiger partial charge on any atom is -0.358 e. The van der Waals surface area contributed by atoms with Crippen molar-refractivity contribution in [1.29, 1.82) is 0 Å². The van der Waals surface area contributed by atoms with Crippen LogP contribution >= 0.6 is 24.0 Å². The number of nitrogens with one attached hydrogen (secondary N) is 3. The van der Waals surface area contributed by atoms with Crippen molar-refractivity contribution in [2.45, 2.75) is 44.7 Å². The maximum absolute atomic E-state index is 12.0. The SMILES string of the molecule is CCN1CCCC1CNC(=NCC(=O)N(C)C)NC1CCN(CC(=O)NC)CC1.I. The number of halogens is 1. The smallest absolute Gasteiger partial charge is 0.243 e. The van der Waals surface area contributed by atoms with Gasteiger partial charge in [0.15, 0.2) is 5.96 Å². The molecule has 0 bridgehead atoms. The maximum Gasteiger partial charge on any atom is 0.243 e. The van der Waals surface area contributed by atoms with Crippen LogP contribution in [0.3, 0.4) is 0 Å². The summed E-state index contributed by atoms with van der Waals surface area (Å²) >= 11 is 0. The molecule has 2 aliphatic rings. The van der Waals surface area contributed by atoms with Crippen molar-refractivity contribution in [1.82, 2.24) is 30.7 Å². The molecule has 1 atom stereocenters. The molecule has 9 nitrogen and oxygen atoms in total. The van der Waals surface area contributed by atoms with Crippen LogP contribution in [0.15, 0.2) is 4.99 Å². The summed E-state index contributed by atoms with van der Waals surface area (Å²) in [7, 11) is 5.17. The van der Waals surface area contributed by atoms with E-state index >= 15 is 0 Å². The molecular formula is C20H40IN7O2. The summed E-state index contributed by atoms with van der Waals surface area (Å²) in [5.41, 5.74) is 0. The average molecular weight is 537 g/mol. The normalized spacial score (nSPS) is 21.1. The average Bonchev–Trinajstić information content (AvgIpc) is 3.18. The van der Waals surface area contributed by atoms with Crippen LogP contribution in [0.2, 0.25) is 0 Å². The molecular weight excluding hydrogens is 497 g/mol. The van der Waals surface area contributed by atoms with Gasteiger partial charge >= 0.3 is 0 Å². The van der Waals surface area contributed by atoms with E-state index in [0.717, 1.165) is 45.6 Å². The van der Waals surface area contributed by atoms with Crippen LogP contribution in [0, 0.1) is 0 Å². The lowest BCUT2D eigenvalue weighted by molar-refractivity contribution is -0.127. The van der Waals surface area contributed by atoms with E-state index in [4.69, 9.17) is 0 Å². The van der Waals surface area contributed by atoms with Gasteiger partial charge in [0.25, 0.3) is 0 Å². The Morgan fingerprint density at radius 2 is 1.83 bits per heavy atom. The highest BCUT2D eigenvalue weighted by atomic mass is 127. The minimum atomic E-state index is -0.0115. The van der Waals surface area contributed by atoms with Gasteiger partial charge in [0.1, 0.15) is 6.54 Å². The summed E-state index contributed by atoms with van der Waals surface area (Å²) in [6.07, 6.45) is 4.33. The Kier molecular flexibility index (Phi) is 12.6. The Hall–Kier alpha value is -1.14. The number of rotatable bonds is 8. The Morgan fingerprint density at radius 3 is 2.43 bits per heavy atom. The third kappa shape index (κ3) is 8.93. The quantitative estimate of drug-likeness (QED) is 0.228. The van der Waals surface area contributed by atoms with Gasteiger partial charge in [-0.3, -0.25) is 19.4 Å². The molecule has 1 unspecified atom stereocenters. The van der Waals surface area contributed by atoms with Crippen molar-refractivity contribution in [3.63, 3.8) is 0 Å². The number of guanidine groups is 1. The van der Waals surface area contributed by atoms with Gasteiger partial charge in [0, 0.05) is 52.9 Å². The van der Waals surface area contributed by atoms with Crippen molar-refractivity contribution in [2.24, 2.45) is 4.99 Å². The predicted molar refractivity (Wildman–Crippen MR) is 131 cm³/mol. The highest BCUT2D eigenvalue weighted by Crippen LogP contribution is 2.15. The van der Waals surface area contributed by atoms with E-state index in [1.54, 1.807) is 26.0 Å². The lowest BCUT2D eigenvalue weighted by Crippen LogP contribution is -2.52. The topological polar surface area (TPSA) is 92.3 Å². The van der Waals surface area contributed by atoms with Gasteiger partial charge < -0.3 is 20.9 Å². The van der Waals surface area contributed by atoms with Gasteiger partial charge in [-0.2, -0.15) is 0 Å². The summed E-state index contributed by atoms with van der Waals surface area (Å²) in [6, 6.07) is 0.813. The van der Waals surface area contributed by atoms with Crippen LogP contribution in [0.4, 0.5) is 0 Å². The molecule has 0 aromatic carbocycles. The molecule has 10 heteroatoms. The first-order chi connectivity index (χ1) is 13.9. The number of hydrogen-bond acceptors (Lipinski definition) is 5. The van der Waals surface area contributed by atoms with Gasteiger partial charge in [-0.05, 0) is 38.8 Å². The summed E-state index contributed by atoms with van der Waals surface area (Å²) in [5.74, 6) is 0.759. The summed E-state index contributed by atoms with van der Waals surface area (Å²) in [4.78, 5) is 34.3. The molecule has 2 rings (SSSR count). The molecule has 0 aliphatic carbocycles. The summed E-state index contributed by atoms with van der Waals surface area (Å²) in [5, 5.41) is 9.66. The zero-order valence-corrected chi connectivity index (χ0v) is 21.3. The molecule has 0 spiro atoms. The molecule has 2 aliphatic heterocycles. The third-order valence-corrected chi connectivity index (χ3v) is 5.86. The maximum atomic E-state index is 12.0. The first-order valence-electron chi connectivity index (χ1n) is 10.8. The fraction of sp³-hybridized carbons (Fsp3) is 0.850. The largest absolute Gasteiger partial charge is 0.358 e. The lowest BCUT2D eigenvalue weighted by atomic mass is 10.1. The van der Waals surface area contributed by atoms with Gasteiger partial charge in [0.05, 0.1) is 6.54 Å². The van der Waals surface area contributed by atoms with Crippen LogP contribution in [0.25, 0.3) is 0 Å². The van der Waals surface area contributed by atoms with E-state index < -0.39 is 0 Å². The van der Waals surface area contributed by atoms with Gasteiger partial charge in [-0.1, -0.05) is 6.92 Å². The van der Waals surface area contributed by atoms with Crippen LogP contribution < -0.4 is 16.0 Å². The summed E-state index contributed by atoms with van der Waals surface area (Å²) in [6.45, 7) is 7.61. The number of hydrogen-bond donors (Lipinski definition) is 3. The van der Waals surface area contributed by atoms with Crippen LogP contribution in [0.1, 0.15) is 32.6 Å². The summed E-state index contributed by atoms with van der Waals surface area (Å²) < 4.78 is 0. The molecule has 2 fully saturated rings. The van der Waals surface area contributed by atoms with E-state index in [9.17, 15) is 9.59 Å². The molecule has 2 saturated heterocycles. The van der Waals surface area contributed by atoms with Gasteiger partial charge in [-0.25, -0.2) is 4.99 Å². The second-order valence-electron chi connectivity index (χ2n) is 8.13. The molecule has 174 valence electrons. The van der Waals surface area contributed by atoms with E-state index in [1.807, 2.05) is 0 Å². The molecule has 0 radical (unpaired) electrons. The highest BCUT2D eigenvalue weighted by molar-refractivity contribution is 14.0. The number of aliphatic imine (C=N–C) groups is 1. The van der Waals surface area contributed by atoms with Crippen LogP contribution in [0.5, 0.6) is 0 Å². The Labute approximate surface area is 198 Å². The monoisotopic (exact) mass is 537 g/mol. The molecule has 3 N–H and O–H groups in total. The molecule has 0 aromatic heterocycles. The first-order valence-corrected chi connectivity index (χ1v) is 10.8. The number of nitrogens with zero attached hydrogens (tertiary/aromatic N) is 4. The number of likely N-dealkylation sites (N-methyl/N-ethyl adjacent to an activating group) is 3. The Morgan fingerprint density at radius 1 is 1.13 bits per heavy atom. The van der Waals surface area contributed by atoms with Crippen LogP contribution in [-0.4, -0.2) is 112 Å². The number of piperidine rings is 1. The predicted octanol–water partition coefficient (Wildman–Crippen LogP) is -0.0775. The zero-order chi connectivity index (χ0) is 21.2. The fourth-order valence-corrected chi connectivity index (χ4v) is 3.91. The molecule has 2 amide bonds. The number of carbonyl (C=O) groups excluding carboxylic acids is 2. The standard InChI is InChI=1S/C20H39N7O2.HI/c1-5-27-10-6-7-17(27)13-22-20(23-14-19(29)25(3)4)24-16-8-11-26(12-9-16)15-18(28)21-2;/h16-17H,5-15H2,1-4H3,(H,21,28)(H2,22,23,24);1H. The van der Waals surface area contributed by atoms with Crippen molar-refractivity contribution >= 4 is 41.8 Å². The number of carbonyl (C=O) groups is 2. The first kappa shape index (κ1) is 26.9. The van der Waals surface area contributed by atoms with Crippen molar-refractivity contribution in [2.75, 3.05) is 67.0 Å². The third-order valence-electron chi connectivity index (χ3n) is 5.86. The minimum absolute atomic E-state index is 0. The second-order valence-corrected chi connectivity index (χ2v) is 8.13. The highest BCUT2D eigenvalue weighted by Gasteiger charge is 2.24. The molecule has 30 heavy (non-hydrogen) atoms. The number of amides is 2. The van der Waals surface area contributed by atoms with Crippen molar-refractivity contribution in [3.8, 4) is 0 Å². The van der Waals surface area contributed by atoms with Gasteiger partial charge in [0.2, 0.25) is 11.8 Å². The molecule has 0 aromatic rings. The van der Waals surface area contributed by atoms with Crippen LogP contribution in [-0.2, 0) is 9.59 Å². The zero-order valence-electron chi connectivity index (χ0n) is 18.9. The van der Waals surface area contributed by atoms with Crippen molar-refractivity contribution in [3.05, 3.63) is 0 Å². The number of likely N-dealkylation sites (tertiary alicyclic amines) is 2. The van der Waals surface area contributed by atoms with E-state index in [-0.39, 0.29) is 42.3 Å². The van der Waals surface area contributed by atoms with Crippen molar-refractivity contribution < 1.29 is 9.59 Å². The second kappa shape index (κ2) is 14.0. The Balaban J connectivity index is 0.00000450. The van der Waals surface area contributed by atoms with E-state index in [1.165, 1.54) is 12.8 Å². The van der Waals surface area contributed by atoms with E-state index in [0.29, 0.717) is 24.6 Å². The Bertz CT molecular complexity index is 565. The van der Waals surface area contributed by atoms with Gasteiger partial charge in [-0.15, -0.1) is 24.0 Å². The lowest BCUT2D eigenvalue weighted by Gasteiger charge is -2.33. The molecule has 2 heterocycles.